The maximum atomic E-state index is 11.9. The van der Waals surface area contributed by atoms with E-state index in [9.17, 15) is 4.79 Å². The molecule has 0 aliphatic carbocycles. The summed E-state index contributed by atoms with van der Waals surface area (Å²) >= 11 is 0. The molecular formula is C12H17NO3. The maximum Gasteiger partial charge on any atom is 0.223 e. The summed E-state index contributed by atoms with van der Waals surface area (Å²) in [6.07, 6.45) is 4.64. The van der Waals surface area contributed by atoms with E-state index in [1.807, 2.05) is 12.1 Å². The molecule has 16 heavy (non-hydrogen) atoms. The molecule has 2 heterocycles. The van der Waals surface area contributed by atoms with Gasteiger partial charge in [-0.15, -0.1) is 0 Å². The van der Waals surface area contributed by atoms with Crippen molar-refractivity contribution in [1.29, 1.82) is 0 Å². The molecule has 0 saturated carbocycles. The van der Waals surface area contributed by atoms with Gasteiger partial charge in [-0.25, -0.2) is 0 Å². The monoisotopic (exact) mass is 223 g/mol. The molecule has 1 aromatic rings. The van der Waals surface area contributed by atoms with Crippen molar-refractivity contribution in [3.8, 4) is 0 Å². The number of furan rings is 1. The normalized spacial score (nSPS) is 20.3. The van der Waals surface area contributed by atoms with E-state index in [-0.39, 0.29) is 18.6 Å². The van der Waals surface area contributed by atoms with Gasteiger partial charge >= 0.3 is 0 Å². The summed E-state index contributed by atoms with van der Waals surface area (Å²) in [5.74, 6) is 0.959. The lowest BCUT2D eigenvalue weighted by Gasteiger charge is -2.22. The van der Waals surface area contributed by atoms with Crippen LogP contribution in [0.3, 0.4) is 0 Å². The Labute approximate surface area is 94.9 Å². The third-order valence-corrected chi connectivity index (χ3v) is 3.07. The number of rotatable bonds is 4. The molecule has 1 saturated heterocycles. The molecule has 4 nitrogen and oxygen atoms in total. The molecular weight excluding hydrogens is 206 g/mol. The van der Waals surface area contributed by atoms with Gasteiger partial charge in [0.15, 0.2) is 0 Å². The lowest BCUT2D eigenvalue weighted by Crippen LogP contribution is -2.37. The second-order valence-electron chi connectivity index (χ2n) is 4.15. The minimum atomic E-state index is 0.0316. The number of aliphatic hydroxyl groups excluding tert-OH is 1. The molecule has 0 aromatic carbocycles. The first-order valence-corrected chi connectivity index (χ1v) is 5.74. The zero-order valence-electron chi connectivity index (χ0n) is 9.26. The van der Waals surface area contributed by atoms with Crippen LogP contribution in [0.25, 0.3) is 0 Å². The Kier molecular flexibility index (Phi) is 3.62. The highest BCUT2D eigenvalue weighted by Gasteiger charge is 2.27. The fourth-order valence-corrected chi connectivity index (χ4v) is 2.18. The van der Waals surface area contributed by atoms with Crippen LogP contribution in [0.1, 0.15) is 25.0 Å². The summed E-state index contributed by atoms with van der Waals surface area (Å²) in [7, 11) is 0. The number of carbonyl (C=O) groups excluding carboxylic acids is 1. The molecule has 1 aromatic heterocycles. The van der Waals surface area contributed by atoms with Crippen LogP contribution in [0, 0.1) is 0 Å². The third-order valence-electron chi connectivity index (χ3n) is 3.07. The number of aryl methyl sites for hydroxylation is 1. The van der Waals surface area contributed by atoms with Crippen molar-refractivity contribution >= 4 is 5.91 Å². The van der Waals surface area contributed by atoms with Crippen molar-refractivity contribution < 1.29 is 14.3 Å². The fraction of sp³-hybridized carbons (Fsp3) is 0.583. The first-order valence-electron chi connectivity index (χ1n) is 5.74. The molecule has 0 spiro atoms. The fourth-order valence-electron chi connectivity index (χ4n) is 2.18. The minimum Gasteiger partial charge on any atom is -0.469 e. The summed E-state index contributed by atoms with van der Waals surface area (Å²) in [4.78, 5) is 13.7. The van der Waals surface area contributed by atoms with E-state index >= 15 is 0 Å². The summed E-state index contributed by atoms with van der Waals surface area (Å²) in [5.41, 5.74) is 0. The van der Waals surface area contributed by atoms with Crippen molar-refractivity contribution in [3.05, 3.63) is 24.2 Å². The summed E-state index contributed by atoms with van der Waals surface area (Å²) < 4.78 is 5.18. The summed E-state index contributed by atoms with van der Waals surface area (Å²) in [6.45, 7) is 0.856. The molecule has 1 aliphatic heterocycles. The number of hydrogen-bond acceptors (Lipinski definition) is 3. The molecule has 0 radical (unpaired) electrons. The number of nitrogens with zero attached hydrogens (tertiary/aromatic N) is 1. The molecule has 0 unspecified atom stereocenters. The van der Waals surface area contributed by atoms with Gasteiger partial charge in [-0.05, 0) is 25.0 Å². The number of likely N-dealkylation sites (tertiary alicyclic amines) is 1. The van der Waals surface area contributed by atoms with Crippen LogP contribution < -0.4 is 0 Å². The van der Waals surface area contributed by atoms with Gasteiger partial charge in [0.1, 0.15) is 5.76 Å². The van der Waals surface area contributed by atoms with E-state index in [0.29, 0.717) is 12.8 Å². The van der Waals surface area contributed by atoms with Gasteiger partial charge in [-0.3, -0.25) is 4.79 Å². The van der Waals surface area contributed by atoms with Crippen LogP contribution in [-0.4, -0.2) is 35.1 Å². The summed E-state index contributed by atoms with van der Waals surface area (Å²) in [6, 6.07) is 3.73. The van der Waals surface area contributed by atoms with Crippen molar-refractivity contribution in [2.45, 2.75) is 31.7 Å². The van der Waals surface area contributed by atoms with Gasteiger partial charge in [0.25, 0.3) is 0 Å². The second kappa shape index (κ2) is 5.16. The van der Waals surface area contributed by atoms with Crippen LogP contribution in [0.4, 0.5) is 0 Å². The molecule has 1 amide bonds. The Morgan fingerprint density at radius 3 is 3.19 bits per heavy atom. The highest BCUT2D eigenvalue weighted by Crippen LogP contribution is 2.18. The smallest absolute Gasteiger partial charge is 0.223 e. The number of amides is 1. The Balaban J connectivity index is 1.83. The van der Waals surface area contributed by atoms with Gasteiger partial charge in [-0.1, -0.05) is 0 Å². The SMILES string of the molecule is O=C(CCc1ccco1)N1CCC[C@@H]1CO. The van der Waals surface area contributed by atoms with Gasteiger partial charge in [-0.2, -0.15) is 0 Å². The second-order valence-corrected chi connectivity index (χ2v) is 4.15. The average Bonchev–Trinajstić information content (AvgIpc) is 2.96. The van der Waals surface area contributed by atoms with Crippen molar-refractivity contribution in [2.24, 2.45) is 0 Å². The molecule has 4 heteroatoms. The molecule has 1 N–H and O–H groups in total. The predicted octanol–water partition coefficient (Wildman–Crippen LogP) is 1.20. The molecule has 88 valence electrons. The first kappa shape index (κ1) is 11.2. The maximum absolute atomic E-state index is 11.9. The Morgan fingerprint density at radius 1 is 1.62 bits per heavy atom. The third kappa shape index (κ3) is 2.44. The molecule has 1 fully saturated rings. The van der Waals surface area contributed by atoms with Crippen LogP contribution in [0.15, 0.2) is 22.8 Å². The van der Waals surface area contributed by atoms with Crippen LogP contribution in [-0.2, 0) is 11.2 Å². The van der Waals surface area contributed by atoms with E-state index in [0.717, 1.165) is 25.1 Å². The van der Waals surface area contributed by atoms with Crippen LogP contribution >= 0.6 is 0 Å². The molecule has 1 atom stereocenters. The van der Waals surface area contributed by atoms with Gasteiger partial charge in [0.05, 0.1) is 18.9 Å². The van der Waals surface area contributed by atoms with Gasteiger partial charge in [0.2, 0.25) is 5.91 Å². The van der Waals surface area contributed by atoms with Gasteiger partial charge < -0.3 is 14.4 Å². The highest BCUT2D eigenvalue weighted by atomic mass is 16.3. The summed E-state index contributed by atoms with van der Waals surface area (Å²) in [5, 5.41) is 9.13. The molecule has 1 aliphatic rings. The van der Waals surface area contributed by atoms with Crippen LogP contribution in [0.2, 0.25) is 0 Å². The quantitative estimate of drug-likeness (QED) is 0.834. The topological polar surface area (TPSA) is 53.7 Å². The predicted molar refractivity (Wildman–Crippen MR) is 58.8 cm³/mol. The van der Waals surface area contributed by atoms with E-state index in [1.165, 1.54) is 0 Å². The highest BCUT2D eigenvalue weighted by molar-refractivity contribution is 5.77. The zero-order chi connectivity index (χ0) is 11.4. The van der Waals surface area contributed by atoms with Crippen LogP contribution in [0.5, 0.6) is 0 Å². The lowest BCUT2D eigenvalue weighted by atomic mass is 10.2. The van der Waals surface area contributed by atoms with E-state index in [2.05, 4.69) is 0 Å². The standard InChI is InChI=1S/C12H17NO3/c14-9-10-3-1-7-13(10)12(15)6-5-11-4-2-8-16-11/h2,4,8,10,14H,1,3,5-7,9H2/t10-/m1/s1. The van der Waals surface area contributed by atoms with Crippen molar-refractivity contribution in [1.82, 2.24) is 4.90 Å². The minimum absolute atomic E-state index is 0.0316. The molecule has 0 bridgehead atoms. The van der Waals surface area contributed by atoms with Crippen molar-refractivity contribution in [3.63, 3.8) is 0 Å². The average molecular weight is 223 g/mol. The first-order chi connectivity index (χ1) is 7.81. The van der Waals surface area contributed by atoms with Gasteiger partial charge in [0, 0.05) is 19.4 Å². The molecule has 2 rings (SSSR count). The number of aliphatic hydroxyl groups is 1. The Bertz CT molecular complexity index is 334. The van der Waals surface area contributed by atoms with Crippen molar-refractivity contribution in [2.75, 3.05) is 13.2 Å². The Hall–Kier alpha value is -1.29. The largest absolute Gasteiger partial charge is 0.469 e. The lowest BCUT2D eigenvalue weighted by molar-refractivity contribution is -0.132. The Morgan fingerprint density at radius 2 is 2.50 bits per heavy atom. The number of hydrogen-bond donors (Lipinski definition) is 1. The number of carbonyl (C=O) groups is 1. The van der Waals surface area contributed by atoms with E-state index in [1.54, 1.807) is 11.2 Å². The van der Waals surface area contributed by atoms with E-state index in [4.69, 9.17) is 9.52 Å². The van der Waals surface area contributed by atoms with E-state index < -0.39 is 0 Å². The zero-order valence-corrected chi connectivity index (χ0v) is 9.26.